The molecule has 2 saturated heterocycles. The van der Waals surface area contributed by atoms with Crippen molar-refractivity contribution < 1.29 is 27.5 Å². The Morgan fingerprint density at radius 1 is 1.44 bits per heavy atom. The number of likely N-dealkylation sites (N-methyl/N-ethyl adjacent to an activating group) is 1. The fourth-order valence-electron chi connectivity index (χ4n) is 2.52. The highest BCUT2D eigenvalue weighted by Crippen LogP contribution is 2.30. The SMILES string of the molecule is CCS(=O)(=O)c1nnc(N2C(=O)N(C)CC2OC(=O)C2CCCO2)s1. The molecule has 10 nitrogen and oxygen atoms in total. The third kappa shape index (κ3) is 3.46. The number of hydrogen-bond acceptors (Lipinski definition) is 9. The van der Waals surface area contributed by atoms with E-state index in [0.29, 0.717) is 13.0 Å². The summed E-state index contributed by atoms with van der Waals surface area (Å²) in [5.74, 6) is -0.658. The molecule has 25 heavy (non-hydrogen) atoms. The summed E-state index contributed by atoms with van der Waals surface area (Å²) >= 11 is 0.776. The topological polar surface area (TPSA) is 119 Å². The zero-order valence-corrected chi connectivity index (χ0v) is 15.4. The Morgan fingerprint density at radius 2 is 2.20 bits per heavy atom. The van der Waals surface area contributed by atoms with Crippen molar-refractivity contribution in [2.24, 2.45) is 0 Å². The first kappa shape index (κ1) is 18.0. The van der Waals surface area contributed by atoms with Gasteiger partial charge in [-0.2, -0.15) is 0 Å². The first-order valence-electron chi connectivity index (χ1n) is 7.76. The second kappa shape index (κ2) is 6.84. The van der Waals surface area contributed by atoms with Gasteiger partial charge in [0.15, 0.2) is 6.10 Å². The fraction of sp³-hybridized carbons (Fsp3) is 0.692. The van der Waals surface area contributed by atoms with E-state index in [1.165, 1.54) is 11.8 Å². The van der Waals surface area contributed by atoms with Gasteiger partial charge in [-0.3, -0.25) is 0 Å². The predicted molar refractivity (Wildman–Crippen MR) is 87.0 cm³/mol. The average molecular weight is 390 g/mol. The van der Waals surface area contributed by atoms with E-state index in [9.17, 15) is 18.0 Å². The molecule has 2 aliphatic rings. The Morgan fingerprint density at radius 3 is 2.84 bits per heavy atom. The van der Waals surface area contributed by atoms with E-state index in [-0.39, 0.29) is 21.8 Å². The Bertz CT molecular complexity index is 773. The van der Waals surface area contributed by atoms with Crippen LogP contribution in [0.2, 0.25) is 0 Å². The third-order valence-corrected chi connectivity index (χ3v) is 7.05. The highest BCUT2D eigenvalue weighted by atomic mass is 32.2. The van der Waals surface area contributed by atoms with Crippen molar-refractivity contribution in [2.75, 3.05) is 30.9 Å². The molecule has 0 aromatic carbocycles. The molecule has 0 radical (unpaired) electrons. The van der Waals surface area contributed by atoms with Crippen LogP contribution in [0.4, 0.5) is 9.93 Å². The lowest BCUT2D eigenvalue weighted by Crippen LogP contribution is -2.39. The van der Waals surface area contributed by atoms with Gasteiger partial charge in [0, 0.05) is 13.7 Å². The van der Waals surface area contributed by atoms with Crippen LogP contribution in [0.3, 0.4) is 0 Å². The molecular weight excluding hydrogens is 372 g/mol. The Hall–Kier alpha value is -1.79. The molecule has 0 bridgehead atoms. The van der Waals surface area contributed by atoms with Crippen LogP contribution in [0.1, 0.15) is 19.8 Å². The molecule has 12 heteroatoms. The molecule has 138 valence electrons. The van der Waals surface area contributed by atoms with Crippen molar-refractivity contribution in [3.8, 4) is 0 Å². The van der Waals surface area contributed by atoms with Gasteiger partial charge < -0.3 is 14.4 Å². The second-order valence-electron chi connectivity index (χ2n) is 5.68. The molecule has 0 aliphatic carbocycles. The number of anilines is 1. The molecule has 3 heterocycles. The molecule has 3 rings (SSSR count). The van der Waals surface area contributed by atoms with E-state index in [1.807, 2.05) is 0 Å². The maximum Gasteiger partial charge on any atom is 0.337 e. The maximum absolute atomic E-state index is 12.4. The van der Waals surface area contributed by atoms with Crippen molar-refractivity contribution >= 4 is 38.3 Å². The van der Waals surface area contributed by atoms with Crippen molar-refractivity contribution in [2.45, 2.75) is 36.4 Å². The maximum atomic E-state index is 12.4. The number of hydrogen-bond donors (Lipinski definition) is 0. The standard InChI is InChI=1S/C13H18N4O6S2/c1-3-25(20,21)12-15-14-11(24-12)17-9(7-16(2)13(17)19)23-10(18)8-5-4-6-22-8/h8-9H,3-7H2,1-2H3. The zero-order valence-electron chi connectivity index (χ0n) is 13.7. The minimum atomic E-state index is -3.53. The van der Waals surface area contributed by atoms with E-state index >= 15 is 0 Å². The number of rotatable bonds is 5. The summed E-state index contributed by atoms with van der Waals surface area (Å²) in [6.07, 6.45) is -0.179. The molecule has 0 spiro atoms. The van der Waals surface area contributed by atoms with Crippen LogP contribution in [-0.4, -0.2) is 73.8 Å². The summed E-state index contributed by atoms with van der Waals surface area (Å²) in [6.45, 7) is 2.14. The van der Waals surface area contributed by atoms with Gasteiger partial charge >= 0.3 is 12.0 Å². The monoisotopic (exact) mass is 390 g/mol. The summed E-state index contributed by atoms with van der Waals surface area (Å²) in [4.78, 5) is 27.1. The van der Waals surface area contributed by atoms with E-state index in [2.05, 4.69) is 10.2 Å². The predicted octanol–water partition coefficient (Wildman–Crippen LogP) is 0.252. The number of aromatic nitrogens is 2. The Kier molecular flexibility index (Phi) is 4.93. The van der Waals surface area contributed by atoms with Crippen molar-refractivity contribution in [1.29, 1.82) is 0 Å². The molecule has 0 saturated carbocycles. The number of nitrogens with zero attached hydrogens (tertiary/aromatic N) is 4. The highest BCUT2D eigenvalue weighted by Gasteiger charge is 2.42. The van der Waals surface area contributed by atoms with Crippen molar-refractivity contribution in [3.63, 3.8) is 0 Å². The summed E-state index contributed by atoms with van der Waals surface area (Å²) in [5.41, 5.74) is 0. The first-order chi connectivity index (χ1) is 11.8. The van der Waals surface area contributed by atoms with Crippen LogP contribution in [0, 0.1) is 0 Å². The Labute approximate surface area is 148 Å². The van der Waals surface area contributed by atoms with Gasteiger partial charge in [-0.25, -0.2) is 22.9 Å². The van der Waals surface area contributed by atoms with Crippen LogP contribution in [0.25, 0.3) is 0 Å². The minimum Gasteiger partial charge on any atom is -0.437 e. The average Bonchev–Trinajstić information content (AvgIpc) is 3.30. The first-order valence-corrected chi connectivity index (χ1v) is 10.2. The van der Waals surface area contributed by atoms with Gasteiger partial charge in [0.2, 0.25) is 25.5 Å². The zero-order chi connectivity index (χ0) is 18.2. The largest absolute Gasteiger partial charge is 0.437 e. The van der Waals surface area contributed by atoms with Gasteiger partial charge in [-0.05, 0) is 12.8 Å². The quantitative estimate of drug-likeness (QED) is 0.518. The fourth-order valence-corrected chi connectivity index (χ4v) is 4.63. The van der Waals surface area contributed by atoms with E-state index in [4.69, 9.17) is 9.47 Å². The van der Waals surface area contributed by atoms with Crippen LogP contribution >= 0.6 is 11.3 Å². The lowest BCUT2D eigenvalue weighted by atomic mass is 10.2. The van der Waals surface area contributed by atoms with E-state index in [0.717, 1.165) is 22.7 Å². The number of carbonyl (C=O) groups is 2. The molecule has 2 amide bonds. The van der Waals surface area contributed by atoms with Crippen LogP contribution < -0.4 is 4.90 Å². The summed E-state index contributed by atoms with van der Waals surface area (Å²) < 4.78 is 34.3. The summed E-state index contributed by atoms with van der Waals surface area (Å²) in [7, 11) is -1.97. The van der Waals surface area contributed by atoms with E-state index in [1.54, 1.807) is 7.05 Å². The smallest absolute Gasteiger partial charge is 0.337 e. The third-order valence-electron chi connectivity index (χ3n) is 3.94. The molecule has 2 atom stereocenters. The van der Waals surface area contributed by atoms with Crippen LogP contribution in [-0.2, 0) is 24.1 Å². The van der Waals surface area contributed by atoms with Crippen molar-refractivity contribution in [1.82, 2.24) is 15.1 Å². The summed E-state index contributed by atoms with van der Waals surface area (Å²) in [5, 5.41) is 7.53. The van der Waals surface area contributed by atoms with Crippen molar-refractivity contribution in [3.05, 3.63) is 0 Å². The molecule has 2 aliphatic heterocycles. The van der Waals surface area contributed by atoms with Gasteiger partial charge in [0.1, 0.15) is 0 Å². The molecule has 2 fully saturated rings. The second-order valence-corrected chi connectivity index (χ2v) is 9.09. The Balaban J connectivity index is 1.81. The van der Waals surface area contributed by atoms with Gasteiger partial charge in [0.25, 0.3) is 0 Å². The number of sulfone groups is 1. The lowest BCUT2D eigenvalue weighted by molar-refractivity contribution is -0.158. The number of carbonyl (C=O) groups excluding carboxylic acids is 2. The van der Waals surface area contributed by atoms with Gasteiger partial charge in [-0.1, -0.05) is 18.3 Å². The molecule has 0 N–H and O–H groups in total. The summed E-state index contributed by atoms with van der Waals surface area (Å²) in [6, 6.07) is -0.443. The van der Waals surface area contributed by atoms with E-state index < -0.39 is 34.2 Å². The number of urea groups is 1. The molecule has 1 aromatic heterocycles. The van der Waals surface area contributed by atoms with Gasteiger partial charge in [-0.15, -0.1) is 10.2 Å². The van der Waals surface area contributed by atoms with Gasteiger partial charge in [0.05, 0.1) is 12.3 Å². The molecule has 1 aromatic rings. The van der Waals surface area contributed by atoms with Crippen LogP contribution in [0.5, 0.6) is 0 Å². The number of ether oxygens (including phenoxy) is 2. The number of amides is 2. The minimum absolute atomic E-state index is 0.0755. The highest BCUT2D eigenvalue weighted by molar-refractivity contribution is 7.93. The normalized spacial score (nSPS) is 24.2. The lowest BCUT2D eigenvalue weighted by Gasteiger charge is -2.21. The number of esters is 1. The molecular formula is C13H18N4O6S2. The molecule has 2 unspecified atom stereocenters. The van der Waals surface area contributed by atoms with Crippen LogP contribution in [0.15, 0.2) is 4.34 Å².